The van der Waals surface area contributed by atoms with Crippen LogP contribution in [0.3, 0.4) is 0 Å². The van der Waals surface area contributed by atoms with Gasteiger partial charge >= 0.3 is 0 Å². The summed E-state index contributed by atoms with van der Waals surface area (Å²) in [6.45, 7) is 0. The first-order valence-corrected chi connectivity index (χ1v) is 5.98. The fraction of sp³-hybridized carbons (Fsp3) is 0.364. The van der Waals surface area contributed by atoms with Crippen molar-refractivity contribution in [2.24, 2.45) is 0 Å². The molecule has 0 radical (unpaired) electrons. The number of hydrogen-bond acceptors (Lipinski definition) is 2. The van der Waals surface area contributed by atoms with Crippen LogP contribution in [0.25, 0.3) is 0 Å². The van der Waals surface area contributed by atoms with Crippen molar-refractivity contribution in [3.8, 4) is 6.07 Å². The Hall–Kier alpha value is -0.560. The SMILES string of the molecule is N#CC(NC1CC1)c1cc(Cl)ccc1Br. The molecule has 1 N–H and O–H groups in total. The zero-order valence-electron chi connectivity index (χ0n) is 8.00. The van der Waals surface area contributed by atoms with Gasteiger partial charge in [0.25, 0.3) is 0 Å². The molecule has 1 unspecified atom stereocenters. The molecule has 1 aliphatic rings. The smallest absolute Gasteiger partial charge is 0.122 e. The Labute approximate surface area is 102 Å². The molecule has 0 saturated heterocycles. The molecule has 1 aromatic rings. The maximum absolute atomic E-state index is 9.10. The van der Waals surface area contributed by atoms with Gasteiger partial charge in [0.15, 0.2) is 0 Å². The topological polar surface area (TPSA) is 35.8 Å². The van der Waals surface area contributed by atoms with Crippen LogP contribution in [0.2, 0.25) is 5.02 Å². The van der Waals surface area contributed by atoms with Crippen LogP contribution in [-0.4, -0.2) is 6.04 Å². The van der Waals surface area contributed by atoms with Crippen LogP contribution >= 0.6 is 27.5 Å². The molecule has 1 aromatic carbocycles. The first-order chi connectivity index (χ1) is 7.20. The van der Waals surface area contributed by atoms with Gasteiger partial charge in [-0.3, -0.25) is 5.32 Å². The van der Waals surface area contributed by atoms with Crippen LogP contribution < -0.4 is 5.32 Å². The van der Waals surface area contributed by atoms with E-state index in [4.69, 9.17) is 16.9 Å². The highest BCUT2D eigenvalue weighted by molar-refractivity contribution is 9.10. The van der Waals surface area contributed by atoms with Crippen LogP contribution in [0.15, 0.2) is 22.7 Å². The summed E-state index contributed by atoms with van der Waals surface area (Å²) >= 11 is 9.34. The molecule has 4 heteroatoms. The van der Waals surface area contributed by atoms with E-state index in [0.29, 0.717) is 11.1 Å². The standard InChI is InChI=1S/C11H10BrClN2/c12-10-4-1-7(13)5-9(10)11(6-14)15-8-2-3-8/h1,4-5,8,11,15H,2-3H2. The summed E-state index contributed by atoms with van der Waals surface area (Å²) in [6, 6.07) is 7.99. The van der Waals surface area contributed by atoms with Gasteiger partial charge in [0, 0.05) is 15.5 Å². The molecule has 1 fully saturated rings. The second-order valence-corrected chi connectivity index (χ2v) is 4.96. The summed E-state index contributed by atoms with van der Waals surface area (Å²) in [6.07, 6.45) is 2.33. The molecule has 0 bridgehead atoms. The quantitative estimate of drug-likeness (QED) is 0.923. The van der Waals surface area contributed by atoms with E-state index in [9.17, 15) is 0 Å². The normalized spacial score (nSPS) is 17.1. The molecular weight excluding hydrogens is 275 g/mol. The molecule has 0 amide bonds. The number of hydrogen-bond donors (Lipinski definition) is 1. The Balaban J connectivity index is 2.24. The molecule has 15 heavy (non-hydrogen) atoms. The van der Waals surface area contributed by atoms with Gasteiger partial charge in [0.1, 0.15) is 6.04 Å². The highest BCUT2D eigenvalue weighted by Gasteiger charge is 2.26. The number of halogens is 2. The van der Waals surface area contributed by atoms with Crippen molar-refractivity contribution < 1.29 is 0 Å². The van der Waals surface area contributed by atoms with Crippen molar-refractivity contribution in [3.05, 3.63) is 33.3 Å². The molecule has 0 aliphatic heterocycles. The summed E-state index contributed by atoms with van der Waals surface area (Å²) < 4.78 is 0.923. The van der Waals surface area contributed by atoms with E-state index in [-0.39, 0.29) is 6.04 Å². The molecular formula is C11H10BrClN2. The van der Waals surface area contributed by atoms with Gasteiger partial charge in [-0.2, -0.15) is 5.26 Å². The van der Waals surface area contributed by atoms with E-state index >= 15 is 0 Å². The minimum Gasteiger partial charge on any atom is -0.295 e. The number of nitriles is 1. The minimum absolute atomic E-state index is 0.273. The molecule has 0 spiro atoms. The van der Waals surface area contributed by atoms with Crippen LogP contribution in [0, 0.1) is 11.3 Å². The van der Waals surface area contributed by atoms with Gasteiger partial charge in [-0.25, -0.2) is 0 Å². The van der Waals surface area contributed by atoms with Crippen molar-refractivity contribution >= 4 is 27.5 Å². The minimum atomic E-state index is -0.273. The summed E-state index contributed by atoms with van der Waals surface area (Å²) in [5.74, 6) is 0. The lowest BCUT2D eigenvalue weighted by Gasteiger charge is -2.13. The van der Waals surface area contributed by atoms with Gasteiger partial charge in [0.05, 0.1) is 6.07 Å². The Bertz CT molecular complexity index is 410. The zero-order chi connectivity index (χ0) is 10.8. The number of rotatable bonds is 3. The molecule has 0 aromatic heterocycles. The van der Waals surface area contributed by atoms with Crippen molar-refractivity contribution in [1.82, 2.24) is 5.32 Å². The lowest BCUT2D eigenvalue weighted by atomic mass is 10.1. The Morgan fingerprint density at radius 3 is 2.87 bits per heavy atom. The van der Waals surface area contributed by atoms with Crippen molar-refractivity contribution in [1.29, 1.82) is 5.26 Å². The fourth-order valence-electron chi connectivity index (χ4n) is 1.42. The maximum atomic E-state index is 9.10. The molecule has 2 rings (SSSR count). The summed E-state index contributed by atoms with van der Waals surface area (Å²) in [5.41, 5.74) is 0.914. The van der Waals surface area contributed by atoms with Crippen molar-refractivity contribution in [3.63, 3.8) is 0 Å². The first kappa shape index (κ1) is 10.9. The highest BCUT2D eigenvalue weighted by Crippen LogP contribution is 2.29. The van der Waals surface area contributed by atoms with Crippen LogP contribution in [-0.2, 0) is 0 Å². The van der Waals surface area contributed by atoms with Crippen LogP contribution in [0.1, 0.15) is 24.4 Å². The lowest BCUT2D eigenvalue weighted by Crippen LogP contribution is -2.22. The molecule has 1 aliphatic carbocycles. The van der Waals surface area contributed by atoms with Crippen LogP contribution in [0.5, 0.6) is 0 Å². The average Bonchev–Trinajstić information content (AvgIpc) is 3.02. The first-order valence-electron chi connectivity index (χ1n) is 4.81. The van der Waals surface area contributed by atoms with E-state index < -0.39 is 0 Å². The summed E-state index contributed by atoms with van der Waals surface area (Å²) in [4.78, 5) is 0. The predicted octanol–water partition coefficient (Wildman–Crippen LogP) is 3.42. The zero-order valence-corrected chi connectivity index (χ0v) is 10.3. The average molecular weight is 286 g/mol. The second-order valence-electron chi connectivity index (χ2n) is 3.67. The Kier molecular flexibility index (Phi) is 3.30. The lowest BCUT2D eigenvalue weighted by molar-refractivity contribution is 0.624. The van der Waals surface area contributed by atoms with E-state index in [0.717, 1.165) is 22.9 Å². The highest BCUT2D eigenvalue weighted by atomic mass is 79.9. The van der Waals surface area contributed by atoms with Crippen LogP contribution in [0.4, 0.5) is 0 Å². The Morgan fingerprint density at radius 1 is 1.53 bits per heavy atom. The third-order valence-electron chi connectivity index (χ3n) is 2.38. The van der Waals surface area contributed by atoms with Crippen molar-refractivity contribution in [2.45, 2.75) is 24.9 Å². The van der Waals surface area contributed by atoms with E-state index in [2.05, 4.69) is 27.3 Å². The second kappa shape index (κ2) is 4.52. The van der Waals surface area contributed by atoms with E-state index in [1.54, 1.807) is 6.07 Å². The van der Waals surface area contributed by atoms with Gasteiger partial charge in [-0.15, -0.1) is 0 Å². The van der Waals surface area contributed by atoms with Gasteiger partial charge in [-0.1, -0.05) is 27.5 Å². The Morgan fingerprint density at radius 2 is 2.27 bits per heavy atom. The van der Waals surface area contributed by atoms with E-state index in [1.807, 2.05) is 12.1 Å². The van der Waals surface area contributed by atoms with E-state index in [1.165, 1.54) is 0 Å². The molecule has 0 heterocycles. The molecule has 1 atom stereocenters. The van der Waals surface area contributed by atoms with Gasteiger partial charge in [-0.05, 0) is 36.6 Å². The van der Waals surface area contributed by atoms with Gasteiger partial charge in [0.2, 0.25) is 0 Å². The van der Waals surface area contributed by atoms with Gasteiger partial charge < -0.3 is 0 Å². The fourth-order valence-corrected chi connectivity index (χ4v) is 2.07. The monoisotopic (exact) mass is 284 g/mol. The van der Waals surface area contributed by atoms with Crippen molar-refractivity contribution in [2.75, 3.05) is 0 Å². The largest absolute Gasteiger partial charge is 0.295 e. The molecule has 1 saturated carbocycles. The predicted molar refractivity (Wildman–Crippen MR) is 63.7 cm³/mol. The summed E-state index contributed by atoms with van der Waals surface area (Å²) in [7, 11) is 0. The molecule has 78 valence electrons. The summed E-state index contributed by atoms with van der Waals surface area (Å²) in [5, 5.41) is 13.0. The number of benzene rings is 1. The third kappa shape index (κ3) is 2.72. The molecule has 2 nitrogen and oxygen atoms in total. The maximum Gasteiger partial charge on any atom is 0.122 e. The number of nitrogens with zero attached hydrogens (tertiary/aromatic N) is 1. The third-order valence-corrected chi connectivity index (χ3v) is 3.34. The number of nitrogens with one attached hydrogen (secondary N) is 1.